The summed E-state index contributed by atoms with van der Waals surface area (Å²) in [6.45, 7) is 8.14. The van der Waals surface area contributed by atoms with Gasteiger partial charge in [-0.1, -0.05) is 0 Å². The van der Waals surface area contributed by atoms with E-state index in [0.717, 1.165) is 31.9 Å². The van der Waals surface area contributed by atoms with Crippen LogP contribution in [0, 0.1) is 11.3 Å². The monoisotopic (exact) mass is 273 g/mol. The van der Waals surface area contributed by atoms with E-state index in [0.29, 0.717) is 11.6 Å². The number of anilines is 1. The molecule has 0 aromatic heterocycles. The van der Waals surface area contributed by atoms with Gasteiger partial charge < -0.3 is 9.64 Å². The first kappa shape index (κ1) is 14.8. The third-order valence-corrected chi connectivity index (χ3v) is 3.82. The highest BCUT2D eigenvalue weighted by Crippen LogP contribution is 2.16. The van der Waals surface area contributed by atoms with Crippen molar-refractivity contribution in [3.63, 3.8) is 0 Å². The van der Waals surface area contributed by atoms with Gasteiger partial charge in [-0.25, -0.2) is 0 Å². The topological polar surface area (TPSA) is 39.5 Å². The largest absolute Gasteiger partial charge is 0.374 e. The van der Waals surface area contributed by atoms with Crippen molar-refractivity contribution in [2.24, 2.45) is 0 Å². The quantitative estimate of drug-likeness (QED) is 0.842. The summed E-state index contributed by atoms with van der Waals surface area (Å²) in [6, 6.07) is 10.4. The van der Waals surface area contributed by atoms with Crippen molar-refractivity contribution >= 4 is 5.69 Å². The Morgan fingerprint density at radius 3 is 2.70 bits per heavy atom. The Morgan fingerprint density at radius 1 is 1.40 bits per heavy atom. The molecule has 20 heavy (non-hydrogen) atoms. The summed E-state index contributed by atoms with van der Waals surface area (Å²) in [5.41, 5.74) is 1.82. The molecule has 4 heteroatoms. The zero-order valence-electron chi connectivity index (χ0n) is 12.5. The minimum absolute atomic E-state index is 0.242. The number of nitriles is 1. The summed E-state index contributed by atoms with van der Waals surface area (Å²) in [4.78, 5) is 4.65. The van der Waals surface area contributed by atoms with E-state index in [1.165, 1.54) is 0 Å². The Kier molecular flexibility index (Phi) is 4.99. The van der Waals surface area contributed by atoms with Crippen molar-refractivity contribution < 1.29 is 4.74 Å². The van der Waals surface area contributed by atoms with Crippen molar-refractivity contribution in [2.45, 2.75) is 26.0 Å². The van der Waals surface area contributed by atoms with Crippen LogP contribution in [-0.2, 0) is 4.74 Å². The first-order chi connectivity index (χ1) is 9.60. The summed E-state index contributed by atoms with van der Waals surface area (Å²) in [6.07, 6.45) is 0.242. The number of likely N-dealkylation sites (N-methyl/N-ethyl adjacent to an activating group) is 1. The van der Waals surface area contributed by atoms with Gasteiger partial charge >= 0.3 is 0 Å². The Hall–Kier alpha value is -1.57. The van der Waals surface area contributed by atoms with Crippen LogP contribution in [0.2, 0.25) is 0 Å². The maximum Gasteiger partial charge on any atom is 0.0991 e. The molecule has 1 atom stereocenters. The van der Waals surface area contributed by atoms with E-state index >= 15 is 0 Å². The lowest BCUT2D eigenvalue weighted by molar-refractivity contribution is -0.0338. The van der Waals surface area contributed by atoms with Gasteiger partial charge in [0.1, 0.15) is 0 Å². The fourth-order valence-electron chi connectivity index (χ4n) is 2.52. The van der Waals surface area contributed by atoms with Gasteiger partial charge in [-0.05, 0) is 38.1 Å². The average molecular weight is 273 g/mol. The van der Waals surface area contributed by atoms with Crippen LogP contribution in [0.4, 0.5) is 5.69 Å². The highest BCUT2D eigenvalue weighted by molar-refractivity contribution is 5.49. The van der Waals surface area contributed by atoms with Crippen molar-refractivity contribution in [3.05, 3.63) is 29.8 Å². The van der Waals surface area contributed by atoms with Crippen LogP contribution in [0.25, 0.3) is 0 Å². The molecule has 0 bridgehead atoms. The van der Waals surface area contributed by atoms with Gasteiger partial charge in [0.2, 0.25) is 0 Å². The molecule has 1 aromatic carbocycles. The predicted octanol–water partition coefficient (Wildman–Crippen LogP) is 2.10. The van der Waals surface area contributed by atoms with Crippen LogP contribution in [0.5, 0.6) is 0 Å². The third kappa shape index (κ3) is 3.72. The summed E-state index contributed by atoms with van der Waals surface area (Å²) in [7, 11) is 2.07. The molecule has 1 aliphatic rings. The van der Waals surface area contributed by atoms with Crippen LogP contribution in [-0.4, -0.2) is 50.3 Å². The predicted molar refractivity (Wildman–Crippen MR) is 80.9 cm³/mol. The summed E-state index contributed by atoms with van der Waals surface area (Å²) >= 11 is 0. The fourth-order valence-corrected chi connectivity index (χ4v) is 2.52. The minimum Gasteiger partial charge on any atom is -0.374 e. The first-order valence-corrected chi connectivity index (χ1v) is 7.17. The molecule has 0 N–H and O–H groups in total. The second kappa shape index (κ2) is 6.74. The SMILES string of the molecule is CC(C)N1CCOC(CN(C)c2ccc(C#N)cc2)C1. The average Bonchev–Trinajstić information content (AvgIpc) is 2.47. The number of ether oxygens (including phenoxy) is 1. The van der Waals surface area contributed by atoms with Gasteiger partial charge in [0, 0.05) is 38.4 Å². The molecule has 0 spiro atoms. The fraction of sp³-hybridized carbons (Fsp3) is 0.562. The van der Waals surface area contributed by atoms with E-state index < -0.39 is 0 Å². The maximum atomic E-state index is 8.82. The van der Waals surface area contributed by atoms with Gasteiger partial charge in [0.25, 0.3) is 0 Å². The number of benzene rings is 1. The van der Waals surface area contributed by atoms with Crippen molar-refractivity contribution in [1.29, 1.82) is 5.26 Å². The van der Waals surface area contributed by atoms with Crippen LogP contribution in [0.1, 0.15) is 19.4 Å². The van der Waals surface area contributed by atoms with Gasteiger partial charge in [-0.3, -0.25) is 4.90 Å². The third-order valence-electron chi connectivity index (χ3n) is 3.82. The molecule has 0 aliphatic carbocycles. The number of rotatable bonds is 4. The molecule has 1 fully saturated rings. The second-order valence-corrected chi connectivity index (χ2v) is 5.62. The van der Waals surface area contributed by atoms with Gasteiger partial charge in [0.05, 0.1) is 24.3 Å². The molecular weight excluding hydrogens is 250 g/mol. The first-order valence-electron chi connectivity index (χ1n) is 7.17. The van der Waals surface area contributed by atoms with E-state index in [4.69, 9.17) is 10.00 Å². The molecule has 1 aliphatic heterocycles. The summed E-state index contributed by atoms with van der Waals surface area (Å²) < 4.78 is 5.86. The normalized spacial score (nSPS) is 19.9. The highest BCUT2D eigenvalue weighted by Gasteiger charge is 2.23. The summed E-state index contributed by atoms with van der Waals surface area (Å²) in [5.74, 6) is 0. The molecule has 0 radical (unpaired) electrons. The minimum atomic E-state index is 0.242. The number of hydrogen-bond acceptors (Lipinski definition) is 4. The molecule has 4 nitrogen and oxygen atoms in total. The zero-order chi connectivity index (χ0) is 14.5. The second-order valence-electron chi connectivity index (χ2n) is 5.62. The van der Waals surface area contributed by atoms with Crippen molar-refractivity contribution in [3.8, 4) is 6.07 Å². The molecular formula is C16H23N3O. The molecule has 1 saturated heterocycles. The number of morpholine rings is 1. The van der Waals surface area contributed by atoms with Gasteiger partial charge in [0.15, 0.2) is 0 Å². The standard InChI is InChI=1S/C16H23N3O/c1-13(2)19-8-9-20-16(12-19)11-18(3)15-6-4-14(10-17)5-7-15/h4-7,13,16H,8-9,11-12H2,1-3H3. The zero-order valence-corrected chi connectivity index (χ0v) is 12.5. The lowest BCUT2D eigenvalue weighted by atomic mass is 10.2. The van der Waals surface area contributed by atoms with E-state index in [-0.39, 0.29) is 6.10 Å². The molecule has 1 unspecified atom stereocenters. The van der Waals surface area contributed by atoms with Gasteiger partial charge in [-0.2, -0.15) is 5.26 Å². The Morgan fingerprint density at radius 2 is 2.10 bits per heavy atom. The van der Waals surface area contributed by atoms with Crippen LogP contribution >= 0.6 is 0 Å². The lowest BCUT2D eigenvalue weighted by Crippen LogP contribution is -2.49. The molecule has 1 aromatic rings. The van der Waals surface area contributed by atoms with E-state index in [9.17, 15) is 0 Å². The van der Waals surface area contributed by atoms with Crippen LogP contribution in [0.3, 0.4) is 0 Å². The Labute approximate surface area is 121 Å². The maximum absolute atomic E-state index is 8.82. The lowest BCUT2D eigenvalue weighted by Gasteiger charge is -2.37. The highest BCUT2D eigenvalue weighted by atomic mass is 16.5. The Balaban J connectivity index is 1.93. The molecule has 2 rings (SSSR count). The van der Waals surface area contributed by atoms with Crippen LogP contribution < -0.4 is 4.90 Å². The number of nitrogens with zero attached hydrogens (tertiary/aromatic N) is 3. The molecule has 0 amide bonds. The molecule has 1 heterocycles. The van der Waals surface area contributed by atoms with Crippen molar-refractivity contribution in [1.82, 2.24) is 4.90 Å². The van der Waals surface area contributed by atoms with Gasteiger partial charge in [-0.15, -0.1) is 0 Å². The van der Waals surface area contributed by atoms with E-state index in [2.05, 4.69) is 36.8 Å². The smallest absolute Gasteiger partial charge is 0.0991 e. The van der Waals surface area contributed by atoms with Crippen LogP contribution in [0.15, 0.2) is 24.3 Å². The number of hydrogen-bond donors (Lipinski definition) is 0. The molecule has 0 saturated carbocycles. The summed E-state index contributed by atoms with van der Waals surface area (Å²) in [5, 5.41) is 8.82. The van der Waals surface area contributed by atoms with Crippen molar-refractivity contribution in [2.75, 3.05) is 38.2 Å². The Bertz CT molecular complexity index is 464. The molecule has 108 valence electrons. The van der Waals surface area contributed by atoms with E-state index in [1.807, 2.05) is 24.3 Å². The van der Waals surface area contributed by atoms with E-state index in [1.54, 1.807) is 0 Å².